The number of nitrogens with one attached hydrogen (secondary N) is 2. The number of nitrogens with zero attached hydrogens (tertiary/aromatic N) is 3. The largest absolute Gasteiger partial charge is 0.380 e. The fourth-order valence-corrected chi connectivity index (χ4v) is 7.95. The summed E-state index contributed by atoms with van der Waals surface area (Å²) < 4.78 is 34.2. The zero-order valence-corrected chi connectivity index (χ0v) is 25.1. The number of anilines is 3. The van der Waals surface area contributed by atoms with E-state index in [4.69, 9.17) is 4.74 Å². The molecule has 1 aromatic heterocycles. The highest BCUT2D eigenvalue weighted by atomic mass is 32.2. The van der Waals surface area contributed by atoms with E-state index in [0.29, 0.717) is 31.0 Å². The predicted molar refractivity (Wildman–Crippen MR) is 164 cm³/mol. The summed E-state index contributed by atoms with van der Waals surface area (Å²) in [5, 5.41) is 5.92. The van der Waals surface area contributed by atoms with Crippen molar-refractivity contribution in [3.05, 3.63) is 45.0 Å². The van der Waals surface area contributed by atoms with Gasteiger partial charge in [-0.25, -0.2) is 12.7 Å². The van der Waals surface area contributed by atoms with Crippen molar-refractivity contribution in [1.82, 2.24) is 14.2 Å². The van der Waals surface area contributed by atoms with E-state index in [1.54, 1.807) is 28.8 Å². The number of hydrogen-bond acceptors (Lipinski definition) is 9. The first kappa shape index (κ1) is 31.6. The fraction of sp³-hybridized carbons (Fsp3) is 0.700. The molecular formula is C30H47N5O5S. The van der Waals surface area contributed by atoms with Crippen LogP contribution >= 0.6 is 0 Å². The highest BCUT2D eigenvalue weighted by Gasteiger charge is 2.32. The van der Waals surface area contributed by atoms with E-state index in [9.17, 15) is 18.0 Å². The zero-order valence-electron chi connectivity index (χ0n) is 24.3. The number of sulfonamides is 1. The molecule has 4 rings (SSSR count). The minimum Gasteiger partial charge on any atom is -0.380 e. The van der Waals surface area contributed by atoms with Crippen LogP contribution in [0.15, 0.2) is 34.1 Å². The van der Waals surface area contributed by atoms with Gasteiger partial charge < -0.3 is 15.4 Å². The molecule has 11 heteroatoms. The van der Waals surface area contributed by atoms with Crippen LogP contribution in [0.1, 0.15) is 77.0 Å². The highest BCUT2D eigenvalue weighted by molar-refractivity contribution is 7.89. The minimum atomic E-state index is -3.25. The molecule has 2 heterocycles. The van der Waals surface area contributed by atoms with Gasteiger partial charge in [0.1, 0.15) is 11.4 Å². The third kappa shape index (κ3) is 9.33. The number of unbranched alkanes of at least 4 members (excludes halogenated alkanes) is 5. The molecule has 0 atom stereocenters. The van der Waals surface area contributed by atoms with Gasteiger partial charge in [-0.3, -0.25) is 19.5 Å². The second-order valence-electron chi connectivity index (χ2n) is 11.3. The molecule has 1 saturated heterocycles. The topological polar surface area (TPSA) is 121 Å². The van der Waals surface area contributed by atoms with Gasteiger partial charge >= 0.3 is 0 Å². The number of ether oxygens (including phenoxy) is 1. The number of morpholine rings is 1. The molecule has 1 aromatic carbocycles. The van der Waals surface area contributed by atoms with Crippen LogP contribution in [0.2, 0.25) is 0 Å². The molecule has 0 amide bonds. The first-order chi connectivity index (χ1) is 20.0. The van der Waals surface area contributed by atoms with Gasteiger partial charge in [0.25, 0.3) is 10.9 Å². The molecule has 228 valence electrons. The zero-order chi connectivity index (χ0) is 28.9. The maximum Gasteiger partial charge on any atom is 0.253 e. The van der Waals surface area contributed by atoms with Gasteiger partial charge in [-0.1, -0.05) is 44.9 Å². The Kier molecular flexibility index (Phi) is 12.6. The van der Waals surface area contributed by atoms with E-state index in [-0.39, 0.29) is 5.25 Å². The summed E-state index contributed by atoms with van der Waals surface area (Å²) in [6.07, 6.45) is 14.8. The average molecular weight is 590 g/mol. The maximum absolute atomic E-state index is 13.5. The monoisotopic (exact) mass is 589 g/mol. The molecule has 10 nitrogen and oxygen atoms in total. The SMILES string of the molecule is O=c1c(NCCCCCCCCN(CCCN2CCOCC2)S(=O)(=O)C2CCCCC2)c(Nc2ccncc2)c1=O. The van der Waals surface area contributed by atoms with Gasteiger partial charge in [0.05, 0.1) is 18.5 Å². The number of aromatic nitrogens is 1. The molecule has 1 saturated carbocycles. The van der Waals surface area contributed by atoms with Crippen LogP contribution < -0.4 is 21.5 Å². The molecule has 2 fully saturated rings. The number of rotatable bonds is 18. The van der Waals surface area contributed by atoms with E-state index in [1.165, 1.54) is 0 Å². The molecule has 0 radical (unpaired) electrons. The molecule has 41 heavy (non-hydrogen) atoms. The third-order valence-electron chi connectivity index (χ3n) is 8.31. The third-order valence-corrected chi connectivity index (χ3v) is 10.7. The second kappa shape index (κ2) is 16.3. The fourth-order valence-electron chi connectivity index (χ4n) is 5.83. The standard InChI is InChI=1S/C30H47N5O5S/c36-29-27(28(30(29)37)33-25-13-16-31-17-14-25)32-15-8-3-1-2-4-9-19-35(20-10-18-34-21-23-40-24-22-34)41(38,39)26-11-6-5-7-12-26/h13-14,16-17,26,32H,1-12,15,18-24H2,(H,31,33). The Labute approximate surface area is 244 Å². The molecule has 1 aliphatic carbocycles. The normalized spacial score (nSPS) is 17.3. The Morgan fingerprint density at radius 1 is 0.854 bits per heavy atom. The summed E-state index contributed by atoms with van der Waals surface area (Å²) in [5.74, 6) is 0. The van der Waals surface area contributed by atoms with Crippen molar-refractivity contribution in [1.29, 1.82) is 0 Å². The Morgan fingerprint density at radius 2 is 1.49 bits per heavy atom. The van der Waals surface area contributed by atoms with Gasteiger partial charge in [-0.05, 0) is 50.8 Å². The lowest BCUT2D eigenvalue weighted by atomic mass is 10.0. The number of hydrogen-bond donors (Lipinski definition) is 2. The van der Waals surface area contributed by atoms with Crippen molar-refractivity contribution in [2.24, 2.45) is 0 Å². The molecule has 0 spiro atoms. The lowest BCUT2D eigenvalue weighted by molar-refractivity contribution is 0.0369. The van der Waals surface area contributed by atoms with Crippen molar-refractivity contribution in [3.63, 3.8) is 0 Å². The Bertz CT molecular complexity index is 1220. The summed E-state index contributed by atoms with van der Waals surface area (Å²) in [6, 6.07) is 3.49. The lowest BCUT2D eigenvalue weighted by Gasteiger charge is -2.31. The molecule has 0 bridgehead atoms. The molecule has 2 aromatic rings. The summed E-state index contributed by atoms with van der Waals surface area (Å²) in [6.45, 7) is 6.17. The van der Waals surface area contributed by atoms with E-state index >= 15 is 0 Å². The van der Waals surface area contributed by atoms with Crippen molar-refractivity contribution < 1.29 is 13.2 Å². The van der Waals surface area contributed by atoms with Gasteiger partial charge in [-0.2, -0.15) is 0 Å². The lowest BCUT2D eigenvalue weighted by Crippen LogP contribution is -2.42. The second-order valence-corrected chi connectivity index (χ2v) is 13.5. The van der Waals surface area contributed by atoms with Crippen LogP contribution in [-0.2, 0) is 14.8 Å². The quantitative estimate of drug-likeness (QED) is 0.197. The van der Waals surface area contributed by atoms with Gasteiger partial charge in [-0.15, -0.1) is 0 Å². The van der Waals surface area contributed by atoms with Crippen LogP contribution in [0.3, 0.4) is 0 Å². The number of pyridine rings is 1. The van der Waals surface area contributed by atoms with Crippen molar-refractivity contribution in [3.8, 4) is 0 Å². The van der Waals surface area contributed by atoms with Gasteiger partial charge in [0, 0.05) is 50.8 Å². The Hall–Kier alpha value is -2.34. The Balaban J connectivity index is 1.13. The highest BCUT2D eigenvalue weighted by Crippen LogP contribution is 2.27. The first-order valence-corrected chi connectivity index (χ1v) is 17.0. The van der Waals surface area contributed by atoms with Crippen LogP contribution in [0.5, 0.6) is 0 Å². The summed E-state index contributed by atoms with van der Waals surface area (Å²) in [5.41, 5.74) is 0.431. The van der Waals surface area contributed by atoms with E-state index in [0.717, 1.165) is 116 Å². The van der Waals surface area contributed by atoms with Crippen molar-refractivity contribution >= 4 is 27.1 Å². The summed E-state index contributed by atoms with van der Waals surface area (Å²) >= 11 is 0. The van der Waals surface area contributed by atoms with Gasteiger partial charge in [0.2, 0.25) is 10.0 Å². The first-order valence-electron chi connectivity index (χ1n) is 15.5. The average Bonchev–Trinajstić information content (AvgIpc) is 3.01. The van der Waals surface area contributed by atoms with Crippen LogP contribution in [-0.4, -0.2) is 80.3 Å². The van der Waals surface area contributed by atoms with Crippen molar-refractivity contribution in [2.75, 3.05) is 63.1 Å². The Morgan fingerprint density at radius 3 is 2.22 bits per heavy atom. The van der Waals surface area contributed by atoms with E-state index in [2.05, 4.69) is 20.5 Å². The summed E-state index contributed by atoms with van der Waals surface area (Å²) in [4.78, 5) is 30.3. The van der Waals surface area contributed by atoms with E-state index < -0.39 is 20.9 Å². The van der Waals surface area contributed by atoms with Crippen LogP contribution in [0.4, 0.5) is 17.1 Å². The van der Waals surface area contributed by atoms with Gasteiger partial charge in [0.15, 0.2) is 0 Å². The van der Waals surface area contributed by atoms with E-state index in [1.807, 2.05) is 0 Å². The smallest absolute Gasteiger partial charge is 0.253 e. The van der Waals surface area contributed by atoms with Crippen molar-refractivity contribution in [2.45, 2.75) is 82.3 Å². The molecule has 2 aliphatic rings. The van der Waals surface area contributed by atoms with Crippen LogP contribution in [0, 0.1) is 0 Å². The summed E-state index contributed by atoms with van der Waals surface area (Å²) in [7, 11) is -3.25. The van der Waals surface area contributed by atoms with Crippen LogP contribution in [0.25, 0.3) is 0 Å². The molecule has 2 N–H and O–H groups in total. The molecule has 1 aliphatic heterocycles. The predicted octanol–water partition coefficient (Wildman–Crippen LogP) is 3.86. The maximum atomic E-state index is 13.5. The molecule has 0 unspecified atom stereocenters. The molecular weight excluding hydrogens is 542 g/mol. The minimum absolute atomic E-state index is 0.208.